The zero-order chi connectivity index (χ0) is 12.3. The Balaban J connectivity index is 2.81. The molecule has 0 saturated carbocycles. The van der Waals surface area contributed by atoms with Gasteiger partial charge in [0.05, 0.1) is 0 Å². The molecule has 0 aromatic heterocycles. The minimum Gasteiger partial charge on any atom is -0.385 e. The van der Waals surface area contributed by atoms with Crippen LogP contribution in [0.2, 0.25) is 0 Å². The van der Waals surface area contributed by atoms with Gasteiger partial charge in [0.2, 0.25) is 0 Å². The van der Waals surface area contributed by atoms with Crippen molar-refractivity contribution in [3.63, 3.8) is 0 Å². The smallest absolute Gasteiger partial charge is 0.165 e. The molecule has 0 aliphatic rings. The molecule has 0 aliphatic carbocycles. The number of carbonyl (C=O) groups is 1. The third kappa shape index (κ3) is 2.85. The highest BCUT2D eigenvalue weighted by atomic mass is 19.2. The van der Waals surface area contributed by atoms with Crippen molar-refractivity contribution in [2.24, 2.45) is 5.92 Å². The molecule has 0 radical (unpaired) electrons. The van der Waals surface area contributed by atoms with Crippen LogP contribution in [-0.2, 0) is 11.2 Å². The molecule has 0 saturated heterocycles. The van der Waals surface area contributed by atoms with E-state index < -0.39 is 23.5 Å². The number of aliphatic hydroxyl groups excluding tert-OH is 1. The van der Waals surface area contributed by atoms with Crippen molar-refractivity contribution >= 4 is 5.78 Å². The van der Waals surface area contributed by atoms with Crippen LogP contribution in [0.15, 0.2) is 18.2 Å². The van der Waals surface area contributed by atoms with Gasteiger partial charge in [-0.05, 0) is 17.5 Å². The number of aliphatic hydroxyl groups is 1. The third-order valence-corrected chi connectivity index (χ3v) is 2.36. The zero-order valence-corrected chi connectivity index (χ0v) is 9.21. The fourth-order valence-corrected chi connectivity index (χ4v) is 1.35. The molecule has 0 bridgehead atoms. The summed E-state index contributed by atoms with van der Waals surface area (Å²) in [6, 6.07) is 3.66. The molecule has 0 fully saturated rings. The lowest BCUT2D eigenvalue weighted by Crippen LogP contribution is -2.27. The number of hydrogen-bond acceptors (Lipinski definition) is 2. The Morgan fingerprint density at radius 1 is 1.38 bits per heavy atom. The molecule has 88 valence electrons. The molecule has 0 aliphatic heterocycles. The summed E-state index contributed by atoms with van der Waals surface area (Å²) in [7, 11) is 0. The second-order valence-corrected chi connectivity index (χ2v) is 4.04. The van der Waals surface area contributed by atoms with Crippen LogP contribution in [0.25, 0.3) is 0 Å². The number of halogens is 2. The average Bonchev–Trinajstić information content (AvgIpc) is 2.23. The molecule has 0 amide bonds. The molecular weight excluding hydrogens is 214 g/mol. The lowest BCUT2D eigenvalue weighted by molar-refractivity contribution is -0.128. The van der Waals surface area contributed by atoms with E-state index >= 15 is 0 Å². The Morgan fingerprint density at radius 2 is 2.00 bits per heavy atom. The van der Waals surface area contributed by atoms with Crippen molar-refractivity contribution in [2.45, 2.75) is 26.4 Å². The van der Waals surface area contributed by atoms with Gasteiger partial charge in [-0.15, -0.1) is 0 Å². The van der Waals surface area contributed by atoms with E-state index in [1.165, 1.54) is 12.1 Å². The van der Waals surface area contributed by atoms with Gasteiger partial charge in [-0.2, -0.15) is 0 Å². The predicted molar refractivity (Wildman–Crippen MR) is 55.9 cm³/mol. The van der Waals surface area contributed by atoms with Crippen LogP contribution < -0.4 is 0 Å². The number of benzene rings is 1. The van der Waals surface area contributed by atoms with E-state index in [1.807, 2.05) is 0 Å². The van der Waals surface area contributed by atoms with Gasteiger partial charge in [0, 0.05) is 6.42 Å². The molecule has 1 atom stereocenters. The highest BCUT2D eigenvalue weighted by molar-refractivity contribution is 5.85. The van der Waals surface area contributed by atoms with Crippen molar-refractivity contribution in [1.82, 2.24) is 0 Å². The molecule has 0 spiro atoms. The van der Waals surface area contributed by atoms with Gasteiger partial charge < -0.3 is 5.11 Å². The van der Waals surface area contributed by atoms with Crippen LogP contribution in [0, 0.1) is 17.6 Å². The lowest BCUT2D eigenvalue weighted by atomic mass is 9.98. The maximum absolute atomic E-state index is 13.2. The van der Waals surface area contributed by atoms with E-state index in [2.05, 4.69) is 0 Å². The van der Waals surface area contributed by atoms with E-state index in [0.717, 1.165) is 6.07 Å². The lowest BCUT2D eigenvalue weighted by Gasteiger charge is -2.13. The van der Waals surface area contributed by atoms with Gasteiger partial charge in [-0.3, -0.25) is 4.79 Å². The Labute approximate surface area is 92.9 Å². The molecule has 1 aromatic rings. The van der Waals surface area contributed by atoms with Crippen molar-refractivity contribution in [2.75, 3.05) is 0 Å². The van der Waals surface area contributed by atoms with Crippen LogP contribution in [0.4, 0.5) is 8.78 Å². The SMILES string of the molecule is CC(C)C(O)C(=O)Cc1cccc(F)c1F. The van der Waals surface area contributed by atoms with Crippen LogP contribution in [-0.4, -0.2) is 17.0 Å². The zero-order valence-electron chi connectivity index (χ0n) is 9.21. The topological polar surface area (TPSA) is 37.3 Å². The molecule has 16 heavy (non-hydrogen) atoms. The fraction of sp³-hybridized carbons (Fsp3) is 0.417. The van der Waals surface area contributed by atoms with E-state index in [0.29, 0.717) is 0 Å². The van der Waals surface area contributed by atoms with Gasteiger partial charge in [-0.25, -0.2) is 8.78 Å². The largest absolute Gasteiger partial charge is 0.385 e. The molecule has 4 heteroatoms. The van der Waals surface area contributed by atoms with E-state index in [4.69, 9.17) is 0 Å². The van der Waals surface area contributed by atoms with Gasteiger partial charge in [0.15, 0.2) is 17.4 Å². The van der Waals surface area contributed by atoms with E-state index in [1.54, 1.807) is 13.8 Å². The van der Waals surface area contributed by atoms with Crippen LogP contribution in [0.1, 0.15) is 19.4 Å². The first-order chi connectivity index (χ1) is 7.43. The summed E-state index contributed by atoms with van der Waals surface area (Å²) in [5.41, 5.74) is -0.0234. The summed E-state index contributed by atoms with van der Waals surface area (Å²) in [5.74, 6) is -2.74. The number of carbonyl (C=O) groups excluding carboxylic acids is 1. The summed E-state index contributed by atoms with van der Waals surface area (Å²) in [4.78, 5) is 11.5. The minimum absolute atomic E-state index is 0.0234. The summed E-state index contributed by atoms with van der Waals surface area (Å²) in [5, 5.41) is 9.45. The maximum atomic E-state index is 13.2. The normalized spacial score (nSPS) is 12.9. The second-order valence-electron chi connectivity index (χ2n) is 4.04. The average molecular weight is 228 g/mol. The third-order valence-electron chi connectivity index (χ3n) is 2.36. The standard InChI is InChI=1S/C12H14F2O2/c1-7(2)12(16)10(15)6-8-4-3-5-9(13)11(8)14/h3-5,7,12,16H,6H2,1-2H3. The molecule has 2 nitrogen and oxygen atoms in total. The number of rotatable bonds is 4. The van der Waals surface area contributed by atoms with Gasteiger partial charge >= 0.3 is 0 Å². The molecular formula is C12H14F2O2. The van der Waals surface area contributed by atoms with Gasteiger partial charge in [0.25, 0.3) is 0 Å². The minimum atomic E-state index is -1.14. The van der Waals surface area contributed by atoms with E-state index in [-0.39, 0.29) is 17.9 Å². The van der Waals surface area contributed by atoms with Gasteiger partial charge in [0.1, 0.15) is 6.10 Å². The first-order valence-electron chi connectivity index (χ1n) is 5.07. The van der Waals surface area contributed by atoms with E-state index in [9.17, 15) is 18.7 Å². The Kier molecular flexibility index (Phi) is 4.12. The van der Waals surface area contributed by atoms with Crippen LogP contribution in [0.3, 0.4) is 0 Å². The molecule has 1 unspecified atom stereocenters. The highest BCUT2D eigenvalue weighted by Gasteiger charge is 2.20. The Morgan fingerprint density at radius 3 is 2.56 bits per heavy atom. The first-order valence-corrected chi connectivity index (χ1v) is 5.07. The summed E-state index contributed by atoms with van der Waals surface area (Å²) >= 11 is 0. The highest BCUT2D eigenvalue weighted by Crippen LogP contribution is 2.14. The number of Topliss-reactive ketones (excluding diaryl/α,β-unsaturated/α-hetero) is 1. The summed E-state index contributed by atoms with van der Waals surface area (Å²) in [6.45, 7) is 3.37. The molecule has 0 heterocycles. The maximum Gasteiger partial charge on any atom is 0.165 e. The fourth-order valence-electron chi connectivity index (χ4n) is 1.35. The van der Waals surface area contributed by atoms with Crippen molar-refractivity contribution in [3.8, 4) is 0 Å². The first kappa shape index (κ1) is 12.8. The molecule has 1 aromatic carbocycles. The number of hydrogen-bond donors (Lipinski definition) is 1. The summed E-state index contributed by atoms with van der Waals surface area (Å²) in [6.07, 6.45) is -1.43. The quantitative estimate of drug-likeness (QED) is 0.856. The molecule has 1 N–H and O–H groups in total. The summed E-state index contributed by atoms with van der Waals surface area (Å²) < 4.78 is 26.1. The van der Waals surface area contributed by atoms with Gasteiger partial charge in [-0.1, -0.05) is 26.0 Å². The molecule has 1 rings (SSSR count). The second kappa shape index (κ2) is 5.16. The van der Waals surface area contributed by atoms with Crippen LogP contribution >= 0.6 is 0 Å². The van der Waals surface area contributed by atoms with Crippen molar-refractivity contribution < 1.29 is 18.7 Å². The predicted octanol–water partition coefficient (Wildman–Crippen LogP) is 2.09. The monoisotopic (exact) mass is 228 g/mol. The van der Waals surface area contributed by atoms with Crippen LogP contribution in [0.5, 0.6) is 0 Å². The Bertz CT molecular complexity index is 389. The van der Waals surface area contributed by atoms with Crippen molar-refractivity contribution in [3.05, 3.63) is 35.4 Å². The van der Waals surface area contributed by atoms with Crippen molar-refractivity contribution in [1.29, 1.82) is 0 Å². The number of ketones is 1. The Hall–Kier alpha value is -1.29.